The highest BCUT2D eigenvalue weighted by atomic mass is 32.2. The van der Waals surface area contributed by atoms with E-state index in [2.05, 4.69) is 62.7 Å². The van der Waals surface area contributed by atoms with Crippen molar-refractivity contribution in [3.8, 4) is 0 Å². The minimum absolute atomic E-state index is 0.0928. The van der Waals surface area contributed by atoms with Crippen LogP contribution in [0.4, 0.5) is 0 Å². The molecule has 27 heavy (non-hydrogen) atoms. The van der Waals surface area contributed by atoms with Gasteiger partial charge in [0.15, 0.2) is 0 Å². The van der Waals surface area contributed by atoms with E-state index in [-0.39, 0.29) is 21.9 Å². The summed E-state index contributed by atoms with van der Waals surface area (Å²) in [7, 11) is -0.390. The minimum Gasteiger partial charge on any atom is -0.598 e. The number of hydrogen-bond acceptors (Lipinski definition) is 4. The van der Waals surface area contributed by atoms with Gasteiger partial charge in [-0.2, -0.15) is 0 Å². The van der Waals surface area contributed by atoms with Gasteiger partial charge in [-0.15, -0.1) is 4.72 Å². The van der Waals surface area contributed by atoms with Crippen molar-refractivity contribution >= 4 is 18.5 Å². The van der Waals surface area contributed by atoms with E-state index in [9.17, 15) is 4.55 Å². The first-order chi connectivity index (χ1) is 12.4. The zero-order valence-corrected chi connectivity index (χ0v) is 18.6. The molecular weight excluding hydrogens is 357 g/mol. The maximum atomic E-state index is 12.8. The van der Waals surface area contributed by atoms with Crippen LogP contribution in [0, 0.1) is 5.92 Å². The molecule has 1 aromatic carbocycles. The number of nitrogens with one attached hydrogen (secondary N) is 1. The van der Waals surface area contributed by atoms with E-state index < -0.39 is 18.5 Å². The standard InChI is InChI=1S/C21H34BNO3S/c1-19(2,3)27(24)23-18(22-25-20(4,5)21(6,7)26-22)14-16-13-17(16)15-11-9-8-10-12-15/h8-12,16-18,23H,13-14H2,1-7H3/t16-,17-,18-,27?/m0/s1. The van der Waals surface area contributed by atoms with Gasteiger partial charge < -0.3 is 13.9 Å². The van der Waals surface area contributed by atoms with Gasteiger partial charge in [-0.05, 0) is 78.7 Å². The van der Waals surface area contributed by atoms with Gasteiger partial charge in [0.2, 0.25) is 0 Å². The van der Waals surface area contributed by atoms with Crippen molar-refractivity contribution in [3.05, 3.63) is 35.9 Å². The topological polar surface area (TPSA) is 53.5 Å². The highest BCUT2D eigenvalue weighted by Crippen LogP contribution is 2.51. The number of hydrogen-bond donors (Lipinski definition) is 1. The Hall–Kier alpha value is -0.525. The monoisotopic (exact) mass is 391 g/mol. The van der Waals surface area contributed by atoms with Crippen LogP contribution < -0.4 is 4.72 Å². The molecule has 4 nitrogen and oxygen atoms in total. The van der Waals surface area contributed by atoms with Crippen molar-refractivity contribution < 1.29 is 13.9 Å². The van der Waals surface area contributed by atoms with E-state index in [1.165, 1.54) is 12.0 Å². The predicted octanol–water partition coefficient (Wildman–Crippen LogP) is 4.23. The van der Waals surface area contributed by atoms with Crippen LogP contribution in [0.25, 0.3) is 0 Å². The van der Waals surface area contributed by atoms with Crippen molar-refractivity contribution in [3.63, 3.8) is 0 Å². The summed E-state index contributed by atoms with van der Waals surface area (Å²) in [6.45, 7) is 14.2. The van der Waals surface area contributed by atoms with Gasteiger partial charge in [-0.25, -0.2) is 0 Å². The zero-order valence-electron chi connectivity index (χ0n) is 17.7. The summed E-state index contributed by atoms with van der Waals surface area (Å²) >= 11 is -1.17. The molecule has 4 atom stereocenters. The van der Waals surface area contributed by atoms with E-state index in [0.717, 1.165) is 6.42 Å². The van der Waals surface area contributed by atoms with E-state index in [4.69, 9.17) is 9.31 Å². The molecule has 6 heteroatoms. The molecular formula is C21H34BNO3S. The van der Waals surface area contributed by atoms with Crippen LogP contribution in [0.2, 0.25) is 0 Å². The molecule has 2 fully saturated rings. The van der Waals surface area contributed by atoms with Crippen molar-refractivity contribution in [2.45, 2.75) is 89.1 Å². The van der Waals surface area contributed by atoms with Gasteiger partial charge in [-0.1, -0.05) is 30.3 Å². The Bertz CT molecular complexity index is 631. The van der Waals surface area contributed by atoms with Crippen LogP contribution >= 0.6 is 0 Å². The first kappa shape index (κ1) is 21.2. The molecule has 3 rings (SSSR count). The maximum absolute atomic E-state index is 12.8. The van der Waals surface area contributed by atoms with Gasteiger partial charge in [0.1, 0.15) is 4.75 Å². The van der Waals surface area contributed by atoms with Crippen LogP contribution in [0.3, 0.4) is 0 Å². The second-order valence-corrected chi connectivity index (χ2v) is 12.0. The Morgan fingerprint density at radius 3 is 2.22 bits per heavy atom. The molecule has 150 valence electrons. The lowest BCUT2D eigenvalue weighted by Gasteiger charge is -2.32. The van der Waals surface area contributed by atoms with Crippen LogP contribution in [0.5, 0.6) is 0 Å². The third-order valence-electron chi connectivity index (χ3n) is 6.12. The Kier molecular flexibility index (Phi) is 5.79. The molecule has 0 radical (unpaired) electrons. The highest BCUT2D eigenvalue weighted by Gasteiger charge is 2.56. The lowest BCUT2D eigenvalue weighted by atomic mass is 9.75. The van der Waals surface area contributed by atoms with Crippen molar-refractivity contribution in [1.29, 1.82) is 0 Å². The second-order valence-electron chi connectivity index (χ2n) is 9.98. The lowest BCUT2D eigenvalue weighted by molar-refractivity contribution is 0.00578. The first-order valence-electron chi connectivity index (χ1n) is 9.99. The van der Waals surface area contributed by atoms with Crippen LogP contribution in [0.1, 0.15) is 72.8 Å². The lowest BCUT2D eigenvalue weighted by Crippen LogP contribution is -2.52. The average molecular weight is 391 g/mol. The Morgan fingerprint density at radius 2 is 1.70 bits per heavy atom. The third-order valence-corrected chi connectivity index (χ3v) is 7.75. The zero-order chi connectivity index (χ0) is 20.0. The van der Waals surface area contributed by atoms with Crippen molar-refractivity contribution in [1.82, 2.24) is 4.72 Å². The SMILES string of the molecule is CC(C)(C)[S+]([O-])N[C@@H](C[C@@H]1C[C@H]1c1ccccc1)B1OC(C)(C)C(C)(C)O1. The molecule has 1 saturated carbocycles. The molecule has 1 N–H and O–H groups in total. The van der Waals surface area contributed by atoms with Gasteiger partial charge >= 0.3 is 7.12 Å². The summed E-state index contributed by atoms with van der Waals surface area (Å²) in [5.41, 5.74) is 0.624. The molecule has 1 heterocycles. The fourth-order valence-electron chi connectivity index (χ4n) is 3.52. The molecule has 1 aliphatic heterocycles. The van der Waals surface area contributed by atoms with Gasteiger partial charge in [0.25, 0.3) is 0 Å². The number of benzene rings is 1. The van der Waals surface area contributed by atoms with Gasteiger partial charge in [0.05, 0.1) is 17.1 Å². The summed E-state index contributed by atoms with van der Waals surface area (Å²) in [5, 5.41) is 0. The summed E-state index contributed by atoms with van der Waals surface area (Å²) in [5.74, 6) is 1.06. The Morgan fingerprint density at radius 1 is 1.15 bits per heavy atom. The molecule has 1 saturated heterocycles. The van der Waals surface area contributed by atoms with E-state index in [1.54, 1.807) is 0 Å². The van der Waals surface area contributed by atoms with Gasteiger partial charge in [0, 0.05) is 11.4 Å². The first-order valence-corrected chi connectivity index (χ1v) is 11.1. The van der Waals surface area contributed by atoms with E-state index in [1.807, 2.05) is 20.8 Å². The smallest absolute Gasteiger partial charge is 0.480 e. The third kappa shape index (κ3) is 4.73. The molecule has 0 amide bonds. The Balaban J connectivity index is 1.72. The quantitative estimate of drug-likeness (QED) is 0.582. The molecule has 0 bridgehead atoms. The molecule has 1 aliphatic carbocycles. The summed E-state index contributed by atoms with van der Waals surface area (Å²) in [6.07, 6.45) is 2.07. The molecule has 1 aromatic rings. The predicted molar refractivity (Wildman–Crippen MR) is 113 cm³/mol. The fourth-order valence-corrected chi connectivity index (χ4v) is 4.36. The molecule has 0 spiro atoms. The van der Waals surface area contributed by atoms with Crippen LogP contribution in [-0.4, -0.2) is 33.6 Å². The largest absolute Gasteiger partial charge is 0.598 e. The van der Waals surface area contributed by atoms with Crippen molar-refractivity contribution in [2.24, 2.45) is 5.92 Å². The molecule has 1 unspecified atom stereocenters. The maximum Gasteiger partial charge on any atom is 0.480 e. The second kappa shape index (κ2) is 7.38. The fraction of sp³-hybridized carbons (Fsp3) is 0.714. The summed E-state index contributed by atoms with van der Waals surface area (Å²) in [4.78, 5) is 0. The number of rotatable bonds is 6. The average Bonchev–Trinajstić information content (AvgIpc) is 3.27. The normalized spacial score (nSPS) is 28.8. The van der Waals surface area contributed by atoms with Crippen LogP contribution in [-0.2, 0) is 20.7 Å². The highest BCUT2D eigenvalue weighted by molar-refractivity contribution is 7.90. The molecule has 0 aromatic heterocycles. The van der Waals surface area contributed by atoms with Crippen LogP contribution in [0.15, 0.2) is 30.3 Å². The Labute approximate surface area is 168 Å². The van der Waals surface area contributed by atoms with Gasteiger partial charge in [-0.3, -0.25) is 0 Å². The summed E-state index contributed by atoms with van der Waals surface area (Å²) in [6, 6.07) is 10.7. The minimum atomic E-state index is -1.17. The summed E-state index contributed by atoms with van der Waals surface area (Å²) < 4.78 is 28.4. The van der Waals surface area contributed by atoms with E-state index >= 15 is 0 Å². The van der Waals surface area contributed by atoms with E-state index in [0.29, 0.717) is 11.8 Å². The van der Waals surface area contributed by atoms with Crippen molar-refractivity contribution in [2.75, 3.05) is 0 Å². The molecule has 2 aliphatic rings.